The van der Waals surface area contributed by atoms with E-state index in [9.17, 15) is 9.90 Å². The maximum absolute atomic E-state index is 11.3. The Bertz CT molecular complexity index is 405. The molecule has 30 heavy (non-hydrogen) atoms. The molecule has 0 bridgehead atoms. The zero-order chi connectivity index (χ0) is 22.3. The van der Waals surface area contributed by atoms with Crippen LogP contribution in [0.25, 0.3) is 0 Å². The fourth-order valence-corrected chi connectivity index (χ4v) is 3.79. The smallest absolute Gasteiger partial charge is 0.320 e. The van der Waals surface area contributed by atoms with Crippen LogP contribution in [0, 0.1) is 5.41 Å². The fraction of sp³-hybridized carbons (Fsp3) is 0.917. The van der Waals surface area contributed by atoms with Crippen molar-refractivity contribution in [1.29, 1.82) is 5.41 Å². The van der Waals surface area contributed by atoms with E-state index in [1.54, 1.807) is 0 Å². The molecule has 178 valence electrons. The number of nitrogens with two attached hydrogens (primary N) is 1. The number of carboxylic acid groups (broad SMARTS) is 1. The van der Waals surface area contributed by atoms with Crippen LogP contribution in [0.5, 0.6) is 0 Å². The van der Waals surface area contributed by atoms with E-state index >= 15 is 0 Å². The maximum Gasteiger partial charge on any atom is 0.320 e. The Kier molecular flexibility index (Phi) is 21.4. The van der Waals surface area contributed by atoms with E-state index in [-0.39, 0.29) is 5.96 Å². The molecule has 0 saturated carbocycles. The number of guanidine groups is 1. The first-order valence-electron chi connectivity index (χ1n) is 12.6. The Morgan fingerprint density at radius 3 is 1.60 bits per heavy atom. The van der Waals surface area contributed by atoms with Crippen molar-refractivity contribution in [2.45, 2.75) is 129 Å². The van der Waals surface area contributed by atoms with Gasteiger partial charge in [-0.25, -0.2) is 0 Å². The van der Waals surface area contributed by atoms with E-state index < -0.39 is 12.0 Å². The van der Waals surface area contributed by atoms with Gasteiger partial charge in [0, 0.05) is 6.54 Å². The van der Waals surface area contributed by atoms with Crippen LogP contribution in [0.3, 0.4) is 0 Å². The molecule has 1 unspecified atom stereocenters. The third-order valence-electron chi connectivity index (χ3n) is 5.70. The first-order valence-corrected chi connectivity index (χ1v) is 12.6. The van der Waals surface area contributed by atoms with Crippen molar-refractivity contribution in [2.24, 2.45) is 5.73 Å². The van der Waals surface area contributed by atoms with Crippen molar-refractivity contribution in [1.82, 2.24) is 10.6 Å². The van der Waals surface area contributed by atoms with E-state index in [2.05, 4.69) is 17.6 Å². The van der Waals surface area contributed by atoms with E-state index in [1.807, 2.05) is 0 Å². The van der Waals surface area contributed by atoms with Gasteiger partial charge < -0.3 is 21.5 Å². The molecule has 0 aromatic rings. The Morgan fingerprint density at radius 1 is 0.767 bits per heavy atom. The van der Waals surface area contributed by atoms with Crippen molar-refractivity contribution in [2.75, 3.05) is 13.1 Å². The summed E-state index contributed by atoms with van der Waals surface area (Å²) in [5.41, 5.74) is 5.22. The van der Waals surface area contributed by atoms with E-state index in [4.69, 9.17) is 11.1 Å². The highest BCUT2D eigenvalue weighted by Gasteiger charge is 2.15. The summed E-state index contributed by atoms with van der Waals surface area (Å²) in [5.74, 6) is -0.864. The normalized spacial score (nSPS) is 12.0. The van der Waals surface area contributed by atoms with Gasteiger partial charge in [0.2, 0.25) is 0 Å². The molecule has 0 amide bonds. The van der Waals surface area contributed by atoms with Crippen LogP contribution >= 0.6 is 0 Å². The summed E-state index contributed by atoms with van der Waals surface area (Å²) >= 11 is 0. The number of carbonyl (C=O) groups is 1. The van der Waals surface area contributed by atoms with Gasteiger partial charge in [0.1, 0.15) is 6.04 Å². The molecule has 0 aliphatic carbocycles. The second-order valence-electron chi connectivity index (χ2n) is 8.63. The molecule has 0 radical (unpaired) electrons. The first kappa shape index (κ1) is 28.7. The van der Waals surface area contributed by atoms with Gasteiger partial charge in [0.15, 0.2) is 5.96 Å². The minimum atomic E-state index is -0.797. The van der Waals surface area contributed by atoms with Gasteiger partial charge in [-0.2, -0.15) is 0 Å². The van der Waals surface area contributed by atoms with E-state index in [1.165, 1.54) is 96.3 Å². The molecule has 0 aromatic carbocycles. The van der Waals surface area contributed by atoms with Gasteiger partial charge in [-0.3, -0.25) is 10.2 Å². The summed E-state index contributed by atoms with van der Waals surface area (Å²) in [5, 5.41) is 22.2. The number of nitrogens with one attached hydrogen (secondary N) is 3. The predicted octanol–water partition coefficient (Wildman–Crippen LogP) is 5.55. The fourth-order valence-electron chi connectivity index (χ4n) is 3.79. The lowest BCUT2D eigenvalue weighted by atomic mass is 10.0. The van der Waals surface area contributed by atoms with Crippen LogP contribution in [-0.4, -0.2) is 36.2 Å². The molecule has 0 aliphatic heterocycles. The molecule has 0 heterocycles. The average Bonchev–Trinajstić information content (AvgIpc) is 2.71. The van der Waals surface area contributed by atoms with Gasteiger partial charge in [-0.05, 0) is 25.8 Å². The Hall–Kier alpha value is -1.30. The second kappa shape index (κ2) is 22.4. The Labute approximate surface area is 185 Å². The molecule has 0 spiro atoms. The van der Waals surface area contributed by atoms with Crippen molar-refractivity contribution in [3.05, 3.63) is 0 Å². The van der Waals surface area contributed by atoms with Gasteiger partial charge in [-0.1, -0.05) is 103 Å². The Morgan fingerprint density at radius 2 is 1.20 bits per heavy atom. The second-order valence-corrected chi connectivity index (χ2v) is 8.63. The van der Waals surface area contributed by atoms with Crippen LogP contribution < -0.4 is 16.4 Å². The average molecular weight is 427 g/mol. The van der Waals surface area contributed by atoms with Crippen molar-refractivity contribution in [3.63, 3.8) is 0 Å². The van der Waals surface area contributed by atoms with Gasteiger partial charge >= 0.3 is 5.97 Å². The molecule has 6 N–H and O–H groups in total. The minimum Gasteiger partial charge on any atom is -0.480 e. The molecule has 0 aliphatic rings. The molecule has 0 fully saturated rings. The molecule has 1 atom stereocenters. The third kappa shape index (κ3) is 21.4. The lowest BCUT2D eigenvalue weighted by Gasteiger charge is -2.14. The molecule has 0 aromatic heterocycles. The summed E-state index contributed by atoms with van der Waals surface area (Å²) in [6.45, 7) is 3.57. The zero-order valence-corrected chi connectivity index (χ0v) is 19.7. The maximum atomic E-state index is 11.3. The highest BCUT2D eigenvalue weighted by atomic mass is 16.4. The van der Waals surface area contributed by atoms with E-state index in [0.717, 1.165) is 13.0 Å². The third-order valence-corrected chi connectivity index (χ3v) is 5.70. The Balaban J connectivity index is 3.34. The van der Waals surface area contributed by atoms with Crippen LogP contribution in [0.4, 0.5) is 0 Å². The van der Waals surface area contributed by atoms with Gasteiger partial charge in [-0.15, -0.1) is 0 Å². The van der Waals surface area contributed by atoms with Crippen LogP contribution in [0.2, 0.25) is 0 Å². The van der Waals surface area contributed by atoms with Crippen molar-refractivity contribution >= 4 is 11.9 Å². The summed E-state index contributed by atoms with van der Waals surface area (Å²) in [6, 6.07) is -0.505. The van der Waals surface area contributed by atoms with Crippen molar-refractivity contribution in [3.8, 4) is 0 Å². The summed E-state index contributed by atoms with van der Waals surface area (Å²) in [4.78, 5) is 11.3. The SMILES string of the molecule is CCCCCCCCCCCCCCCCCCNC(CCCNC(=N)N)C(=O)O. The summed E-state index contributed by atoms with van der Waals surface area (Å²) in [7, 11) is 0. The quantitative estimate of drug-likeness (QED) is 0.0835. The highest BCUT2D eigenvalue weighted by Crippen LogP contribution is 2.13. The molecular weight excluding hydrogens is 376 g/mol. The number of hydrogen-bond donors (Lipinski definition) is 5. The van der Waals surface area contributed by atoms with Crippen LogP contribution in [-0.2, 0) is 4.79 Å². The first-order chi connectivity index (χ1) is 14.6. The lowest BCUT2D eigenvalue weighted by Crippen LogP contribution is -2.38. The number of carboxylic acids is 1. The zero-order valence-electron chi connectivity index (χ0n) is 19.7. The molecule has 0 rings (SSSR count). The predicted molar refractivity (Wildman–Crippen MR) is 128 cm³/mol. The van der Waals surface area contributed by atoms with Gasteiger partial charge in [0.05, 0.1) is 0 Å². The highest BCUT2D eigenvalue weighted by molar-refractivity contribution is 5.74. The topological polar surface area (TPSA) is 111 Å². The molecule has 0 saturated heterocycles. The van der Waals surface area contributed by atoms with Crippen LogP contribution in [0.15, 0.2) is 0 Å². The van der Waals surface area contributed by atoms with Crippen LogP contribution in [0.1, 0.15) is 122 Å². The number of aliphatic carboxylic acids is 1. The van der Waals surface area contributed by atoms with Gasteiger partial charge in [0.25, 0.3) is 0 Å². The molecule has 6 heteroatoms. The molecule has 6 nitrogen and oxygen atoms in total. The lowest BCUT2D eigenvalue weighted by molar-refractivity contribution is -0.139. The largest absolute Gasteiger partial charge is 0.480 e. The number of unbranched alkanes of at least 4 members (excludes halogenated alkanes) is 15. The number of rotatable bonds is 23. The minimum absolute atomic E-state index is 0.0667. The van der Waals surface area contributed by atoms with E-state index in [0.29, 0.717) is 19.4 Å². The monoisotopic (exact) mass is 426 g/mol. The standard InChI is InChI=1S/C24H50N4O2/c1-2-3-4-5-6-7-8-9-10-11-12-13-14-15-16-17-20-27-22(23(29)30)19-18-21-28-24(25)26/h22,27H,2-21H2,1H3,(H,29,30)(H4,25,26,28). The summed E-state index contributed by atoms with van der Waals surface area (Å²) < 4.78 is 0. The molecular formula is C24H50N4O2. The van der Waals surface area contributed by atoms with Crippen molar-refractivity contribution < 1.29 is 9.90 Å². The number of hydrogen-bond acceptors (Lipinski definition) is 3. The summed E-state index contributed by atoms with van der Waals surface area (Å²) in [6.07, 6.45) is 22.8.